The molecule has 1 heterocycles. The first-order chi connectivity index (χ1) is 5.73. The summed E-state index contributed by atoms with van der Waals surface area (Å²) in [5.41, 5.74) is 4.99. The lowest BCUT2D eigenvalue weighted by atomic mass is 9.99. The molecule has 0 amide bonds. The quantitative estimate of drug-likeness (QED) is 0.623. The summed E-state index contributed by atoms with van der Waals surface area (Å²) in [5, 5.41) is 10.0. The van der Waals surface area contributed by atoms with Crippen molar-refractivity contribution in [2.24, 2.45) is 5.73 Å². The minimum Gasteiger partial charge on any atom is -0.388 e. The molecule has 1 aliphatic carbocycles. The first-order valence-corrected chi connectivity index (χ1v) is 4.90. The van der Waals surface area contributed by atoms with Crippen LogP contribution >= 0.6 is 0 Å². The van der Waals surface area contributed by atoms with Crippen LogP contribution in [0, 0.1) is 0 Å². The minimum atomic E-state index is -0.461. The highest BCUT2D eigenvalue weighted by Crippen LogP contribution is 2.34. The van der Waals surface area contributed by atoms with E-state index in [2.05, 4.69) is 4.90 Å². The monoisotopic (exact) mass is 170 g/mol. The van der Waals surface area contributed by atoms with Gasteiger partial charge in [-0.2, -0.15) is 0 Å². The normalized spacial score (nSPS) is 37.5. The van der Waals surface area contributed by atoms with E-state index < -0.39 is 5.60 Å². The van der Waals surface area contributed by atoms with Gasteiger partial charge in [-0.1, -0.05) is 0 Å². The van der Waals surface area contributed by atoms with Crippen LogP contribution in [0.25, 0.3) is 0 Å². The molecule has 3 heteroatoms. The van der Waals surface area contributed by atoms with Gasteiger partial charge in [-0.3, -0.25) is 4.90 Å². The molecule has 0 spiro atoms. The van der Waals surface area contributed by atoms with E-state index in [-0.39, 0.29) is 0 Å². The van der Waals surface area contributed by atoms with E-state index in [0.717, 1.165) is 32.0 Å². The van der Waals surface area contributed by atoms with Crippen molar-refractivity contribution < 1.29 is 5.11 Å². The number of likely N-dealkylation sites (tertiary alicyclic amines) is 1. The Hall–Kier alpha value is -0.120. The largest absolute Gasteiger partial charge is 0.388 e. The smallest absolute Gasteiger partial charge is 0.0798 e. The Morgan fingerprint density at radius 3 is 2.83 bits per heavy atom. The van der Waals surface area contributed by atoms with Gasteiger partial charge < -0.3 is 10.8 Å². The van der Waals surface area contributed by atoms with Crippen LogP contribution < -0.4 is 5.73 Å². The molecule has 70 valence electrons. The maximum Gasteiger partial charge on any atom is 0.0798 e. The fourth-order valence-electron chi connectivity index (χ4n) is 2.11. The van der Waals surface area contributed by atoms with E-state index in [1.807, 2.05) is 0 Å². The highest BCUT2D eigenvalue weighted by Gasteiger charge is 2.41. The van der Waals surface area contributed by atoms with Crippen molar-refractivity contribution >= 4 is 0 Å². The molecule has 12 heavy (non-hydrogen) atoms. The maximum atomic E-state index is 10.0. The predicted octanol–water partition coefficient (Wildman–Crippen LogP) is -0.0656. The van der Waals surface area contributed by atoms with Crippen LogP contribution in [-0.4, -0.2) is 41.3 Å². The molecular formula is C9H18N2O. The second-order valence-corrected chi connectivity index (χ2v) is 4.21. The second-order valence-electron chi connectivity index (χ2n) is 4.21. The number of hydrogen-bond acceptors (Lipinski definition) is 3. The first-order valence-electron chi connectivity index (χ1n) is 4.90. The number of rotatable bonds is 3. The van der Waals surface area contributed by atoms with Crippen molar-refractivity contribution in [3.63, 3.8) is 0 Å². The third-order valence-electron chi connectivity index (χ3n) is 3.03. The number of nitrogens with two attached hydrogens (primary N) is 1. The molecule has 1 unspecified atom stereocenters. The van der Waals surface area contributed by atoms with Gasteiger partial charge in [-0.15, -0.1) is 0 Å². The molecule has 3 N–H and O–H groups in total. The molecule has 1 saturated carbocycles. The maximum absolute atomic E-state index is 10.0. The van der Waals surface area contributed by atoms with E-state index >= 15 is 0 Å². The molecule has 2 fully saturated rings. The molecule has 2 aliphatic rings. The Morgan fingerprint density at radius 1 is 1.50 bits per heavy atom. The van der Waals surface area contributed by atoms with Crippen LogP contribution in [-0.2, 0) is 0 Å². The molecule has 0 radical (unpaired) electrons. The topological polar surface area (TPSA) is 49.5 Å². The van der Waals surface area contributed by atoms with Crippen molar-refractivity contribution in [2.75, 3.05) is 19.6 Å². The lowest BCUT2D eigenvalue weighted by Gasteiger charge is -2.22. The Labute approximate surface area is 73.5 Å². The zero-order valence-electron chi connectivity index (χ0n) is 7.50. The molecule has 1 saturated heterocycles. The van der Waals surface area contributed by atoms with Crippen LogP contribution in [0.4, 0.5) is 0 Å². The molecule has 0 aromatic carbocycles. The molecule has 0 aromatic heterocycles. The lowest BCUT2D eigenvalue weighted by Crippen LogP contribution is -2.35. The van der Waals surface area contributed by atoms with Crippen molar-refractivity contribution in [3.05, 3.63) is 0 Å². The van der Waals surface area contributed by atoms with Crippen molar-refractivity contribution in [3.8, 4) is 0 Å². The van der Waals surface area contributed by atoms with Gasteiger partial charge in [0, 0.05) is 19.1 Å². The van der Waals surface area contributed by atoms with Gasteiger partial charge in [0.1, 0.15) is 0 Å². The van der Waals surface area contributed by atoms with Gasteiger partial charge in [0.05, 0.1) is 5.60 Å². The molecule has 2 rings (SSSR count). The zero-order chi connectivity index (χ0) is 8.60. The van der Waals surface area contributed by atoms with Gasteiger partial charge in [-0.25, -0.2) is 0 Å². The standard InChI is InChI=1S/C9H18N2O/c10-5-3-9(12)4-6-11(7-9)8-1-2-8/h8,12H,1-7,10H2. The van der Waals surface area contributed by atoms with Crippen LogP contribution in [0.5, 0.6) is 0 Å². The summed E-state index contributed by atoms with van der Waals surface area (Å²) in [6.07, 6.45) is 4.34. The van der Waals surface area contributed by atoms with E-state index in [1.54, 1.807) is 0 Å². The Kier molecular flexibility index (Phi) is 2.10. The highest BCUT2D eigenvalue weighted by atomic mass is 16.3. The molecule has 0 aromatic rings. The van der Waals surface area contributed by atoms with Crippen LogP contribution in [0.1, 0.15) is 25.7 Å². The van der Waals surface area contributed by atoms with Crippen LogP contribution in [0.2, 0.25) is 0 Å². The Bertz CT molecular complexity index is 170. The van der Waals surface area contributed by atoms with Crippen LogP contribution in [0.15, 0.2) is 0 Å². The SMILES string of the molecule is NCCC1(O)CCN(C2CC2)C1. The van der Waals surface area contributed by atoms with Gasteiger partial charge >= 0.3 is 0 Å². The summed E-state index contributed by atoms with van der Waals surface area (Å²) in [4.78, 5) is 2.41. The summed E-state index contributed by atoms with van der Waals surface area (Å²) < 4.78 is 0. The Balaban J connectivity index is 1.86. The van der Waals surface area contributed by atoms with E-state index in [1.165, 1.54) is 12.8 Å². The minimum absolute atomic E-state index is 0.461. The first kappa shape index (κ1) is 8.48. The van der Waals surface area contributed by atoms with Crippen molar-refractivity contribution in [1.29, 1.82) is 0 Å². The highest BCUT2D eigenvalue weighted by molar-refractivity contribution is 4.96. The molecule has 1 atom stereocenters. The van der Waals surface area contributed by atoms with Crippen molar-refractivity contribution in [1.82, 2.24) is 4.90 Å². The summed E-state index contributed by atoms with van der Waals surface area (Å²) in [5.74, 6) is 0. The molecular weight excluding hydrogens is 152 g/mol. The van der Waals surface area contributed by atoms with E-state index in [0.29, 0.717) is 6.54 Å². The fourth-order valence-corrected chi connectivity index (χ4v) is 2.11. The third-order valence-corrected chi connectivity index (χ3v) is 3.03. The number of hydrogen-bond donors (Lipinski definition) is 2. The summed E-state index contributed by atoms with van der Waals surface area (Å²) in [7, 11) is 0. The van der Waals surface area contributed by atoms with E-state index in [9.17, 15) is 5.11 Å². The number of aliphatic hydroxyl groups is 1. The fraction of sp³-hybridized carbons (Fsp3) is 1.00. The number of nitrogens with zero attached hydrogens (tertiary/aromatic N) is 1. The number of β-amino-alcohol motifs (C(OH)–C–C–N with tert-alkyl or cyclic N) is 1. The average molecular weight is 170 g/mol. The Morgan fingerprint density at radius 2 is 2.25 bits per heavy atom. The zero-order valence-corrected chi connectivity index (χ0v) is 7.50. The predicted molar refractivity (Wildman–Crippen MR) is 47.8 cm³/mol. The molecule has 3 nitrogen and oxygen atoms in total. The van der Waals surface area contributed by atoms with Crippen LogP contribution in [0.3, 0.4) is 0 Å². The molecule has 1 aliphatic heterocycles. The van der Waals surface area contributed by atoms with Gasteiger partial charge in [0.2, 0.25) is 0 Å². The van der Waals surface area contributed by atoms with Crippen molar-refractivity contribution in [2.45, 2.75) is 37.3 Å². The second kappa shape index (κ2) is 2.98. The van der Waals surface area contributed by atoms with Gasteiger partial charge in [-0.05, 0) is 32.2 Å². The lowest BCUT2D eigenvalue weighted by molar-refractivity contribution is 0.0422. The average Bonchev–Trinajstić information content (AvgIpc) is 2.78. The summed E-state index contributed by atoms with van der Waals surface area (Å²) in [6, 6.07) is 0.789. The van der Waals surface area contributed by atoms with Gasteiger partial charge in [0.15, 0.2) is 0 Å². The molecule has 0 bridgehead atoms. The van der Waals surface area contributed by atoms with Gasteiger partial charge in [0.25, 0.3) is 0 Å². The summed E-state index contributed by atoms with van der Waals surface area (Å²) in [6.45, 7) is 2.53. The summed E-state index contributed by atoms with van der Waals surface area (Å²) >= 11 is 0. The third kappa shape index (κ3) is 1.63. The van der Waals surface area contributed by atoms with E-state index in [4.69, 9.17) is 5.73 Å².